The fourth-order valence-electron chi connectivity index (χ4n) is 8.83. The Morgan fingerprint density at radius 1 is 0.552 bits per heavy atom. The highest BCUT2D eigenvalue weighted by Gasteiger charge is 2.31. The number of rotatable bonds is 39. The summed E-state index contributed by atoms with van der Waals surface area (Å²) >= 11 is 1.33. The second-order valence-electron chi connectivity index (χ2n) is 19.9. The predicted molar refractivity (Wildman–Crippen MR) is 277 cm³/mol. The van der Waals surface area contributed by atoms with Gasteiger partial charge in [-0.1, -0.05) is 216 Å². The molecule has 0 heterocycles. The predicted octanol–water partition coefficient (Wildman–Crippen LogP) is 15.4. The number of hydrogen-bond acceptors (Lipinski definition) is 9. The Bertz CT molecular complexity index is 1610. The van der Waals surface area contributed by atoms with Gasteiger partial charge in [-0.05, 0) is 55.9 Å². The van der Waals surface area contributed by atoms with Crippen molar-refractivity contribution in [2.45, 2.75) is 238 Å². The van der Waals surface area contributed by atoms with E-state index in [9.17, 15) is 19.2 Å². The van der Waals surface area contributed by atoms with Crippen LogP contribution in [-0.4, -0.2) is 66.5 Å². The maximum absolute atomic E-state index is 13.5. The normalized spacial score (nSPS) is 13.1. The van der Waals surface area contributed by atoms with E-state index in [1.807, 2.05) is 24.3 Å². The van der Waals surface area contributed by atoms with E-state index in [1.165, 1.54) is 140 Å². The molecule has 0 aliphatic heterocycles. The molecule has 0 unspecified atom stereocenters. The van der Waals surface area contributed by atoms with Gasteiger partial charge in [-0.3, -0.25) is 9.59 Å². The zero-order chi connectivity index (χ0) is 48.4. The van der Waals surface area contributed by atoms with Crippen LogP contribution in [0.3, 0.4) is 0 Å². The Labute approximate surface area is 411 Å². The Kier molecular flexibility index (Phi) is 30.7. The molecule has 0 spiro atoms. The fraction of sp³-hybridized carbons (Fsp3) is 0.719. The van der Waals surface area contributed by atoms with Crippen LogP contribution in [0.2, 0.25) is 0 Å². The molecule has 1 aliphatic rings. The minimum atomic E-state index is -1.03. The van der Waals surface area contributed by atoms with Crippen LogP contribution >= 0.6 is 11.8 Å². The van der Waals surface area contributed by atoms with Crippen LogP contribution in [0.15, 0.2) is 48.5 Å². The van der Waals surface area contributed by atoms with Gasteiger partial charge in [-0.15, -0.1) is 0 Å². The summed E-state index contributed by atoms with van der Waals surface area (Å²) in [5, 5.41) is 2.75. The van der Waals surface area contributed by atoms with Crippen LogP contribution in [0.5, 0.6) is 0 Å². The molecule has 0 saturated carbocycles. The second kappa shape index (κ2) is 35.6. The molecule has 3 rings (SSSR count). The smallest absolute Gasteiger partial charge is 0.407 e. The van der Waals surface area contributed by atoms with Gasteiger partial charge in [0.1, 0.15) is 31.0 Å². The number of hydrogen-bond donors (Lipinski definition) is 1. The highest BCUT2D eigenvalue weighted by atomic mass is 32.2. The molecular weight excluding hydrogens is 859 g/mol. The van der Waals surface area contributed by atoms with Crippen molar-refractivity contribution in [3.05, 3.63) is 59.7 Å². The molecule has 2 aromatic carbocycles. The topological polar surface area (TPSA) is 117 Å². The van der Waals surface area contributed by atoms with E-state index in [-0.39, 0.29) is 42.6 Å². The summed E-state index contributed by atoms with van der Waals surface area (Å²) in [6.07, 6.45) is 31.1. The molecule has 0 radical (unpaired) electrons. The van der Waals surface area contributed by atoms with E-state index in [2.05, 4.69) is 43.4 Å². The second-order valence-corrected chi connectivity index (χ2v) is 20.9. The largest absolute Gasteiger partial charge is 0.462 e. The van der Waals surface area contributed by atoms with Gasteiger partial charge in [-0.2, -0.15) is 11.8 Å². The van der Waals surface area contributed by atoms with Crippen LogP contribution in [-0.2, 0) is 33.3 Å². The van der Waals surface area contributed by atoms with Crippen LogP contribution in [0.1, 0.15) is 231 Å². The van der Waals surface area contributed by atoms with Crippen LogP contribution in [0, 0.1) is 0 Å². The van der Waals surface area contributed by atoms with E-state index >= 15 is 0 Å². The van der Waals surface area contributed by atoms with Gasteiger partial charge < -0.3 is 24.3 Å². The number of nitrogens with one attached hydrogen (secondary N) is 1. The number of alkyl carbamates (subject to hydrolysis) is 1. The molecule has 9 nitrogen and oxygen atoms in total. The molecule has 0 bridgehead atoms. The van der Waals surface area contributed by atoms with Gasteiger partial charge in [-0.25, -0.2) is 9.59 Å². The highest BCUT2D eigenvalue weighted by molar-refractivity contribution is 7.99. The SMILES string of the molecule is CCCCCCCCCCCCCCCC(=O)OC[C@@H](CSC[C@@H](NC(=O)OCC1c2ccccc2-c2ccccc21)C(=O)OC(C)(C)C)OC(=O)CCCCCCCCCCCCCCC. The van der Waals surface area contributed by atoms with Gasteiger partial charge in [0, 0.05) is 30.3 Å². The molecule has 1 N–H and O–H groups in total. The van der Waals surface area contributed by atoms with Crippen molar-refractivity contribution >= 4 is 35.8 Å². The lowest BCUT2D eigenvalue weighted by Crippen LogP contribution is -2.46. The molecule has 0 saturated heterocycles. The third kappa shape index (κ3) is 26.1. The average molecular weight is 950 g/mol. The summed E-state index contributed by atoms with van der Waals surface area (Å²) in [5.41, 5.74) is 3.65. The lowest BCUT2D eigenvalue weighted by molar-refractivity contribution is -0.158. The zero-order valence-electron chi connectivity index (χ0n) is 42.7. The number of carbonyl (C=O) groups is 4. The fourth-order valence-corrected chi connectivity index (χ4v) is 9.85. The number of fused-ring (bicyclic) bond motifs is 3. The summed E-state index contributed by atoms with van der Waals surface area (Å²) in [7, 11) is 0. The van der Waals surface area contributed by atoms with Gasteiger partial charge in [0.05, 0.1) is 0 Å². The third-order valence-corrected chi connectivity index (χ3v) is 13.8. The monoisotopic (exact) mass is 950 g/mol. The molecule has 10 heteroatoms. The first-order valence-corrected chi connectivity index (χ1v) is 27.9. The lowest BCUT2D eigenvalue weighted by atomic mass is 9.98. The number of thioether (sulfide) groups is 1. The van der Waals surface area contributed by atoms with Crippen molar-refractivity contribution in [2.75, 3.05) is 24.7 Å². The zero-order valence-corrected chi connectivity index (χ0v) is 43.5. The van der Waals surface area contributed by atoms with E-state index in [0.29, 0.717) is 12.8 Å². The van der Waals surface area contributed by atoms with Crippen molar-refractivity contribution < 1.29 is 38.1 Å². The maximum Gasteiger partial charge on any atom is 0.407 e. The molecule has 1 amide bonds. The van der Waals surface area contributed by atoms with E-state index in [1.54, 1.807) is 20.8 Å². The Balaban J connectivity index is 1.48. The first kappa shape index (κ1) is 57.8. The van der Waals surface area contributed by atoms with Crippen LogP contribution in [0.4, 0.5) is 4.79 Å². The molecule has 67 heavy (non-hydrogen) atoms. The van der Waals surface area contributed by atoms with Crippen molar-refractivity contribution in [3.8, 4) is 11.1 Å². The standard InChI is InChI=1S/C57H91NO8S/c1-6-8-10-12-14-16-18-20-22-24-26-28-30-40-53(59)63-42-46(65-54(60)41-31-29-27-25-23-21-19-17-15-13-11-9-7-2)44-67-45-52(55(61)66-57(3,4)5)58-56(62)64-43-51-49-38-34-32-36-47(49)48-37-33-35-39-50(48)51/h32-39,46,51-52H,6-31,40-45H2,1-5H3,(H,58,62)/t46-,52+/m0/s1. The Morgan fingerprint density at radius 3 is 1.42 bits per heavy atom. The van der Waals surface area contributed by atoms with E-state index < -0.39 is 29.8 Å². The van der Waals surface area contributed by atoms with Gasteiger partial charge in [0.2, 0.25) is 0 Å². The minimum absolute atomic E-state index is 0.0640. The first-order valence-electron chi connectivity index (χ1n) is 26.8. The molecule has 1 aliphatic carbocycles. The quantitative estimate of drug-likeness (QED) is 0.0397. The number of unbranched alkanes of at least 4 members (excludes halogenated alkanes) is 24. The van der Waals surface area contributed by atoms with Crippen LogP contribution < -0.4 is 5.32 Å². The number of carbonyl (C=O) groups excluding carboxylic acids is 4. The van der Waals surface area contributed by atoms with E-state index in [0.717, 1.165) is 60.8 Å². The minimum Gasteiger partial charge on any atom is -0.462 e. The molecule has 0 fully saturated rings. The third-order valence-electron chi connectivity index (χ3n) is 12.6. The first-order chi connectivity index (χ1) is 32.5. The van der Waals surface area contributed by atoms with Crippen LogP contribution in [0.25, 0.3) is 11.1 Å². The Hall–Kier alpha value is -3.53. The van der Waals surface area contributed by atoms with Crippen molar-refractivity contribution in [1.29, 1.82) is 0 Å². The molecule has 378 valence electrons. The van der Waals surface area contributed by atoms with Gasteiger partial charge >= 0.3 is 24.0 Å². The van der Waals surface area contributed by atoms with Gasteiger partial charge in [0.15, 0.2) is 0 Å². The summed E-state index contributed by atoms with van der Waals surface area (Å²) < 4.78 is 23.1. The van der Waals surface area contributed by atoms with Crippen molar-refractivity contribution in [2.24, 2.45) is 0 Å². The molecular formula is C57H91NO8S. The summed E-state index contributed by atoms with van der Waals surface area (Å²) in [4.78, 5) is 52.8. The van der Waals surface area contributed by atoms with Gasteiger partial charge in [0.25, 0.3) is 0 Å². The van der Waals surface area contributed by atoms with E-state index in [4.69, 9.17) is 18.9 Å². The Morgan fingerprint density at radius 2 is 0.970 bits per heavy atom. The number of esters is 3. The summed E-state index contributed by atoms with van der Waals surface area (Å²) in [6.45, 7) is 9.89. The number of amides is 1. The van der Waals surface area contributed by atoms with Crippen molar-refractivity contribution in [1.82, 2.24) is 5.32 Å². The number of benzene rings is 2. The highest BCUT2D eigenvalue weighted by Crippen LogP contribution is 2.44. The lowest BCUT2D eigenvalue weighted by Gasteiger charge is -2.25. The molecule has 0 aromatic heterocycles. The maximum atomic E-state index is 13.5. The summed E-state index contributed by atoms with van der Waals surface area (Å²) in [5.74, 6) is -0.930. The average Bonchev–Trinajstić information content (AvgIpc) is 3.62. The summed E-state index contributed by atoms with van der Waals surface area (Å²) in [6, 6.07) is 15.2. The number of ether oxygens (including phenoxy) is 4. The molecule has 2 aromatic rings. The molecule has 2 atom stereocenters. The van der Waals surface area contributed by atoms with Crippen molar-refractivity contribution in [3.63, 3.8) is 0 Å².